The number of rotatable bonds is 6. The molecule has 152 valence electrons. The molecule has 5 heteroatoms. The molecule has 2 aromatic heterocycles. The van der Waals surface area contributed by atoms with Gasteiger partial charge in [-0.1, -0.05) is 43.7 Å². The van der Waals surface area contributed by atoms with Crippen molar-refractivity contribution in [2.24, 2.45) is 5.73 Å². The van der Waals surface area contributed by atoms with Gasteiger partial charge >= 0.3 is 0 Å². The zero-order chi connectivity index (χ0) is 21.1. The van der Waals surface area contributed by atoms with Gasteiger partial charge in [0.05, 0.1) is 11.0 Å². The van der Waals surface area contributed by atoms with Crippen molar-refractivity contribution in [1.29, 1.82) is 0 Å². The van der Waals surface area contributed by atoms with Crippen LogP contribution in [0.15, 0.2) is 60.7 Å². The van der Waals surface area contributed by atoms with Gasteiger partial charge in [-0.15, -0.1) is 0 Å². The molecular weight excluding hydrogens is 372 g/mol. The largest absolute Gasteiger partial charge is 0.330 e. The second-order valence-electron chi connectivity index (χ2n) is 7.62. The fourth-order valence-electron chi connectivity index (χ4n) is 3.93. The Kier molecular flexibility index (Phi) is 5.72. The Morgan fingerprint density at radius 3 is 2.63 bits per heavy atom. The van der Waals surface area contributed by atoms with Crippen LogP contribution >= 0.6 is 0 Å². The van der Waals surface area contributed by atoms with Crippen LogP contribution in [0.2, 0.25) is 0 Å². The predicted octanol–water partition coefficient (Wildman–Crippen LogP) is 5.25. The van der Waals surface area contributed by atoms with Gasteiger partial charge in [0.25, 0.3) is 0 Å². The van der Waals surface area contributed by atoms with E-state index < -0.39 is 0 Å². The highest BCUT2D eigenvalue weighted by atomic mass is 16.1. The van der Waals surface area contributed by atoms with Gasteiger partial charge in [0.15, 0.2) is 0 Å². The van der Waals surface area contributed by atoms with Gasteiger partial charge in [0.1, 0.15) is 5.82 Å². The Bertz CT molecular complexity index is 1220. The highest BCUT2D eigenvalue weighted by Crippen LogP contribution is 2.32. The minimum atomic E-state index is -0.138. The molecule has 0 aliphatic rings. The van der Waals surface area contributed by atoms with Crippen molar-refractivity contribution in [3.05, 3.63) is 66.4 Å². The molecule has 1 unspecified atom stereocenters. The topological polar surface area (TPSA) is 80.9 Å². The number of anilines is 1. The number of nitrogens with two attached hydrogens (primary N) is 1. The molecule has 4 aromatic rings. The Morgan fingerprint density at radius 1 is 1.03 bits per heavy atom. The summed E-state index contributed by atoms with van der Waals surface area (Å²) in [7, 11) is 0. The molecule has 3 N–H and O–H groups in total. The molecule has 4 rings (SSSR count). The summed E-state index contributed by atoms with van der Waals surface area (Å²) in [5, 5.41) is 4.93. The maximum atomic E-state index is 11.6. The molecule has 0 aliphatic carbocycles. The third kappa shape index (κ3) is 4.02. The van der Waals surface area contributed by atoms with E-state index in [1.165, 1.54) is 6.92 Å². The molecule has 1 atom stereocenters. The Labute approximate surface area is 176 Å². The lowest BCUT2D eigenvalue weighted by Crippen LogP contribution is -2.13. The van der Waals surface area contributed by atoms with Crippen LogP contribution in [0.1, 0.15) is 38.3 Å². The summed E-state index contributed by atoms with van der Waals surface area (Å²) in [6.07, 6.45) is 2.13. The van der Waals surface area contributed by atoms with Crippen LogP contribution in [0, 0.1) is 0 Å². The lowest BCUT2D eigenvalue weighted by Gasteiger charge is -2.14. The second kappa shape index (κ2) is 8.59. The molecule has 1 amide bonds. The average Bonchev–Trinajstić information content (AvgIpc) is 2.75. The summed E-state index contributed by atoms with van der Waals surface area (Å²) >= 11 is 0. The maximum Gasteiger partial charge on any atom is 0.222 e. The number of nitrogens with one attached hydrogen (secondary N) is 1. The van der Waals surface area contributed by atoms with Crippen molar-refractivity contribution < 1.29 is 4.79 Å². The quantitative estimate of drug-likeness (QED) is 0.465. The Hall–Kier alpha value is -3.31. The van der Waals surface area contributed by atoms with E-state index in [-0.39, 0.29) is 5.91 Å². The molecule has 0 saturated heterocycles. The summed E-state index contributed by atoms with van der Waals surface area (Å²) in [4.78, 5) is 21.0. The molecule has 2 heterocycles. The summed E-state index contributed by atoms with van der Waals surface area (Å²) in [5.41, 5.74) is 10.9. The van der Waals surface area contributed by atoms with Gasteiger partial charge in [-0.3, -0.25) is 9.78 Å². The molecule has 5 nitrogen and oxygen atoms in total. The number of aromatic nitrogens is 2. The van der Waals surface area contributed by atoms with Crippen LogP contribution in [-0.4, -0.2) is 22.4 Å². The van der Waals surface area contributed by atoms with Crippen molar-refractivity contribution >= 4 is 33.5 Å². The normalized spacial score (nSPS) is 12.2. The second-order valence-corrected chi connectivity index (χ2v) is 7.62. The van der Waals surface area contributed by atoms with Gasteiger partial charge in [0.2, 0.25) is 5.91 Å². The summed E-state index contributed by atoms with van der Waals surface area (Å²) in [6.45, 7) is 4.27. The van der Waals surface area contributed by atoms with Crippen LogP contribution in [0.4, 0.5) is 5.82 Å². The van der Waals surface area contributed by atoms with Crippen molar-refractivity contribution in [2.45, 2.75) is 32.6 Å². The highest BCUT2D eigenvalue weighted by Gasteiger charge is 2.13. The van der Waals surface area contributed by atoms with E-state index in [2.05, 4.69) is 53.6 Å². The number of amides is 1. The number of para-hydroxylation sites is 1. The molecule has 0 aliphatic heterocycles. The number of fused-ring (bicyclic) bond motifs is 2. The molecule has 30 heavy (non-hydrogen) atoms. The molecule has 0 saturated carbocycles. The van der Waals surface area contributed by atoms with Crippen molar-refractivity contribution in [3.63, 3.8) is 0 Å². The zero-order valence-electron chi connectivity index (χ0n) is 17.4. The van der Waals surface area contributed by atoms with E-state index in [4.69, 9.17) is 10.7 Å². The van der Waals surface area contributed by atoms with Gasteiger partial charge in [0, 0.05) is 35.9 Å². The third-order valence-corrected chi connectivity index (χ3v) is 5.38. The first-order valence-corrected chi connectivity index (χ1v) is 10.4. The number of carbonyl (C=O) groups is 1. The number of carbonyl (C=O) groups excluding carboxylic acids is 1. The Morgan fingerprint density at radius 2 is 1.87 bits per heavy atom. The number of benzene rings is 2. The van der Waals surface area contributed by atoms with Crippen molar-refractivity contribution in [1.82, 2.24) is 9.97 Å². The van der Waals surface area contributed by atoms with Gasteiger partial charge in [-0.05, 0) is 47.9 Å². The van der Waals surface area contributed by atoms with Gasteiger partial charge in [-0.2, -0.15) is 0 Å². The smallest absolute Gasteiger partial charge is 0.222 e. The van der Waals surface area contributed by atoms with E-state index in [1.807, 2.05) is 24.3 Å². The lowest BCUT2D eigenvalue weighted by atomic mass is 9.97. The predicted molar refractivity (Wildman–Crippen MR) is 123 cm³/mol. The Balaban J connectivity index is 1.81. The van der Waals surface area contributed by atoms with Gasteiger partial charge < -0.3 is 11.1 Å². The minimum absolute atomic E-state index is 0.138. The maximum absolute atomic E-state index is 11.6. The summed E-state index contributed by atoms with van der Waals surface area (Å²) in [6, 6.07) is 20.4. The van der Waals surface area contributed by atoms with Crippen LogP contribution < -0.4 is 11.1 Å². The number of hydrogen-bond donors (Lipinski definition) is 2. The molecule has 0 spiro atoms. The van der Waals surface area contributed by atoms with E-state index in [1.54, 1.807) is 0 Å². The van der Waals surface area contributed by atoms with Crippen LogP contribution in [0.25, 0.3) is 32.9 Å². The summed E-state index contributed by atoms with van der Waals surface area (Å²) < 4.78 is 0. The first kappa shape index (κ1) is 20.0. The van der Waals surface area contributed by atoms with Gasteiger partial charge in [-0.25, -0.2) is 4.98 Å². The van der Waals surface area contributed by atoms with Crippen molar-refractivity contribution in [2.75, 3.05) is 11.9 Å². The first-order valence-electron chi connectivity index (χ1n) is 10.4. The molecule has 0 fully saturated rings. The van der Waals surface area contributed by atoms with E-state index >= 15 is 0 Å². The number of hydrogen-bond acceptors (Lipinski definition) is 4. The van der Waals surface area contributed by atoms with Crippen LogP contribution in [0.3, 0.4) is 0 Å². The fourth-order valence-corrected chi connectivity index (χ4v) is 3.93. The van der Waals surface area contributed by atoms with Crippen LogP contribution in [0.5, 0.6) is 0 Å². The molecular formula is C25H26N4O. The van der Waals surface area contributed by atoms with E-state index in [0.29, 0.717) is 18.3 Å². The molecule has 0 radical (unpaired) electrons. The average molecular weight is 399 g/mol. The monoisotopic (exact) mass is 398 g/mol. The summed E-state index contributed by atoms with van der Waals surface area (Å²) in [5.74, 6) is 0.707. The van der Waals surface area contributed by atoms with Crippen LogP contribution in [-0.2, 0) is 4.79 Å². The minimum Gasteiger partial charge on any atom is -0.330 e. The fraction of sp³-hybridized carbons (Fsp3) is 0.240. The zero-order valence-corrected chi connectivity index (χ0v) is 17.4. The van der Waals surface area contributed by atoms with E-state index in [0.717, 1.165) is 51.5 Å². The third-order valence-electron chi connectivity index (χ3n) is 5.38. The van der Waals surface area contributed by atoms with E-state index in [9.17, 15) is 4.79 Å². The first-order chi connectivity index (χ1) is 14.6. The highest BCUT2D eigenvalue weighted by molar-refractivity contribution is 6.00. The molecule has 2 aromatic carbocycles. The van der Waals surface area contributed by atoms with Crippen molar-refractivity contribution in [3.8, 4) is 11.1 Å². The number of nitrogens with zero attached hydrogens (tertiary/aromatic N) is 2. The lowest BCUT2D eigenvalue weighted by molar-refractivity contribution is -0.114. The number of pyridine rings is 2. The molecule has 0 bridgehead atoms. The standard InChI is InChI=1S/C25H26N4O/c1-3-6-19(15-26)23-12-10-18-13-17(9-11-22(18)28-23)21-14-25(27-16(2)30)29-24-8-5-4-7-20(21)24/h4-5,7-14,19H,3,6,15,26H2,1-2H3,(H,27,29,30). The SMILES string of the molecule is CCCC(CN)c1ccc2cc(-c3cc(NC(C)=O)nc4ccccc34)ccc2n1.